The molecule has 0 fully saturated rings. The fourth-order valence-electron chi connectivity index (χ4n) is 1.61. The summed E-state index contributed by atoms with van der Waals surface area (Å²) in [6.45, 7) is 1.93. The van der Waals surface area contributed by atoms with E-state index in [4.69, 9.17) is 21.6 Å². The van der Waals surface area contributed by atoms with Gasteiger partial charge in [0.15, 0.2) is 0 Å². The Labute approximate surface area is 98.2 Å². The number of halogens is 1. The molecule has 2 rings (SSSR count). The largest absolute Gasteiger partial charge is 0.497 e. The molecule has 0 aliphatic heterocycles. The molecule has 0 unspecified atom stereocenters. The van der Waals surface area contributed by atoms with Crippen molar-refractivity contribution in [2.75, 3.05) is 7.11 Å². The highest BCUT2D eigenvalue weighted by Crippen LogP contribution is 2.30. The zero-order valence-electron chi connectivity index (χ0n) is 8.91. The molecule has 2 aromatic rings. The van der Waals surface area contributed by atoms with E-state index in [0.717, 1.165) is 16.5 Å². The molecule has 0 atom stereocenters. The van der Waals surface area contributed by atoms with E-state index in [1.54, 1.807) is 13.2 Å². The maximum Gasteiger partial charge on any atom is 0.119 e. The van der Waals surface area contributed by atoms with Gasteiger partial charge in [-0.3, -0.25) is 4.98 Å². The molecule has 16 heavy (non-hydrogen) atoms. The quantitative estimate of drug-likeness (QED) is 0.759. The molecule has 0 aliphatic rings. The smallest absolute Gasteiger partial charge is 0.119 e. The lowest BCUT2D eigenvalue weighted by molar-refractivity contribution is 0.415. The van der Waals surface area contributed by atoms with Crippen LogP contribution in [0.25, 0.3) is 10.9 Å². The lowest BCUT2D eigenvalue weighted by Crippen LogP contribution is -1.90. The van der Waals surface area contributed by atoms with Crippen LogP contribution in [0.4, 0.5) is 0 Å². The molecule has 0 aliphatic carbocycles. The molecule has 0 saturated carbocycles. The summed E-state index contributed by atoms with van der Waals surface area (Å²) in [7, 11) is 1.59. The van der Waals surface area contributed by atoms with Crippen LogP contribution in [0, 0.1) is 18.3 Å². The second kappa shape index (κ2) is 3.99. The first-order chi connectivity index (χ1) is 7.67. The number of ether oxygens (including phenoxy) is 1. The summed E-state index contributed by atoms with van der Waals surface area (Å²) in [6.07, 6.45) is 1.49. The minimum absolute atomic E-state index is 0.377. The van der Waals surface area contributed by atoms with Crippen molar-refractivity contribution in [2.45, 2.75) is 6.92 Å². The first kappa shape index (κ1) is 10.7. The third-order valence-corrected chi connectivity index (χ3v) is 2.83. The maximum atomic E-state index is 8.87. The van der Waals surface area contributed by atoms with E-state index in [1.165, 1.54) is 6.20 Å². The molecule has 1 aromatic heterocycles. The van der Waals surface area contributed by atoms with E-state index in [9.17, 15) is 0 Å². The Morgan fingerprint density at radius 3 is 2.81 bits per heavy atom. The molecular formula is C12H9ClN2O. The van der Waals surface area contributed by atoms with Crippen molar-refractivity contribution < 1.29 is 4.74 Å². The van der Waals surface area contributed by atoms with Crippen LogP contribution in [0.1, 0.15) is 11.1 Å². The van der Waals surface area contributed by atoms with Crippen LogP contribution in [0.5, 0.6) is 5.75 Å². The van der Waals surface area contributed by atoms with Gasteiger partial charge in [0, 0.05) is 11.6 Å². The monoisotopic (exact) mass is 232 g/mol. The second-order valence-electron chi connectivity index (χ2n) is 3.44. The first-order valence-electron chi connectivity index (χ1n) is 4.70. The molecule has 0 spiro atoms. The highest BCUT2D eigenvalue weighted by molar-refractivity contribution is 6.36. The molecular weight excluding hydrogens is 224 g/mol. The third kappa shape index (κ3) is 1.58. The van der Waals surface area contributed by atoms with Crippen LogP contribution >= 0.6 is 11.6 Å². The molecule has 80 valence electrons. The lowest BCUT2D eigenvalue weighted by Gasteiger charge is -2.07. The van der Waals surface area contributed by atoms with Crippen molar-refractivity contribution in [3.05, 3.63) is 34.5 Å². The zero-order valence-corrected chi connectivity index (χ0v) is 9.67. The van der Waals surface area contributed by atoms with Crippen LogP contribution in [-0.2, 0) is 0 Å². The Balaban J connectivity index is 2.87. The predicted molar refractivity (Wildman–Crippen MR) is 62.8 cm³/mol. The second-order valence-corrected chi connectivity index (χ2v) is 3.82. The van der Waals surface area contributed by atoms with E-state index in [-0.39, 0.29) is 0 Å². The van der Waals surface area contributed by atoms with Gasteiger partial charge in [-0.25, -0.2) is 0 Å². The molecule has 0 N–H and O–H groups in total. The van der Waals surface area contributed by atoms with Crippen molar-refractivity contribution in [3.8, 4) is 11.8 Å². The number of pyridine rings is 1. The Hall–Kier alpha value is -1.79. The number of rotatable bonds is 1. The van der Waals surface area contributed by atoms with Crippen LogP contribution in [0.2, 0.25) is 5.02 Å². The van der Waals surface area contributed by atoms with Gasteiger partial charge >= 0.3 is 0 Å². The number of benzene rings is 1. The van der Waals surface area contributed by atoms with Crippen LogP contribution in [-0.4, -0.2) is 12.1 Å². The first-order valence-corrected chi connectivity index (χ1v) is 5.08. The van der Waals surface area contributed by atoms with E-state index >= 15 is 0 Å². The Bertz CT molecular complexity index is 602. The highest BCUT2D eigenvalue weighted by Gasteiger charge is 2.09. The van der Waals surface area contributed by atoms with Crippen molar-refractivity contribution >= 4 is 22.5 Å². The van der Waals surface area contributed by atoms with E-state index < -0.39 is 0 Å². The molecule has 0 saturated heterocycles. The van der Waals surface area contributed by atoms with Gasteiger partial charge in [-0.1, -0.05) is 11.6 Å². The Morgan fingerprint density at radius 2 is 2.19 bits per heavy atom. The molecule has 0 bridgehead atoms. The topological polar surface area (TPSA) is 45.9 Å². The lowest BCUT2D eigenvalue weighted by atomic mass is 10.1. The van der Waals surface area contributed by atoms with Gasteiger partial charge in [-0.05, 0) is 24.6 Å². The number of aromatic nitrogens is 1. The van der Waals surface area contributed by atoms with Gasteiger partial charge in [0.2, 0.25) is 0 Å². The minimum atomic E-state index is 0.377. The number of nitriles is 1. The average Bonchev–Trinajstić information content (AvgIpc) is 2.30. The van der Waals surface area contributed by atoms with Gasteiger partial charge in [0.25, 0.3) is 0 Å². The SMILES string of the molecule is COc1cc(C)c2ncc(C#N)c(Cl)c2c1. The highest BCUT2D eigenvalue weighted by atomic mass is 35.5. The summed E-state index contributed by atoms with van der Waals surface area (Å²) in [5.74, 6) is 0.712. The van der Waals surface area contributed by atoms with Gasteiger partial charge in [0.05, 0.1) is 23.2 Å². The van der Waals surface area contributed by atoms with Crippen molar-refractivity contribution in [3.63, 3.8) is 0 Å². The molecule has 4 heteroatoms. The number of methoxy groups -OCH3 is 1. The van der Waals surface area contributed by atoms with Gasteiger partial charge in [-0.15, -0.1) is 0 Å². The van der Waals surface area contributed by atoms with Crippen molar-refractivity contribution in [1.29, 1.82) is 5.26 Å². The molecule has 1 heterocycles. The fraction of sp³-hybridized carbons (Fsp3) is 0.167. The molecule has 0 amide bonds. The Kier molecular flexibility index (Phi) is 2.67. The van der Waals surface area contributed by atoms with Crippen molar-refractivity contribution in [1.82, 2.24) is 4.98 Å². The van der Waals surface area contributed by atoms with E-state index in [0.29, 0.717) is 16.3 Å². The summed E-state index contributed by atoms with van der Waals surface area (Å²) >= 11 is 6.12. The van der Waals surface area contributed by atoms with Crippen LogP contribution in [0.15, 0.2) is 18.3 Å². The van der Waals surface area contributed by atoms with Crippen LogP contribution in [0.3, 0.4) is 0 Å². The van der Waals surface area contributed by atoms with E-state index in [2.05, 4.69) is 4.98 Å². The van der Waals surface area contributed by atoms with Gasteiger partial charge < -0.3 is 4.74 Å². The molecule has 1 aromatic carbocycles. The Morgan fingerprint density at radius 1 is 1.44 bits per heavy atom. The molecule has 0 radical (unpaired) electrons. The standard InChI is InChI=1S/C12H9ClN2O/c1-7-3-9(16-2)4-10-11(13)8(5-14)6-15-12(7)10/h3-4,6H,1-2H3. The summed E-state index contributed by atoms with van der Waals surface area (Å²) < 4.78 is 5.16. The number of aryl methyl sites for hydroxylation is 1. The summed E-state index contributed by atoms with van der Waals surface area (Å²) in [6, 6.07) is 5.69. The normalized spacial score (nSPS) is 10.1. The number of hydrogen-bond donors (Lipinski definition) is 0. The number of hydrogen-bond acceptors (Lipinski definition) is 3. The van der Waals surface area contributed by atoms with E-state index in [1.807, 2.05) is 19.1 Å². The predicted octanol–water partition coefficient (Wildman–Crippen LogP) is 3.08. The van der Waals surface area contributed by atoms with Crippen molar-refractivity contribution in [2.24, 2.45) is 0 Å². The summed E-state index contributed by atoms with van der Waals surface area (Å²) in [5, 5.41) is 10.0. The maximum absolute atomic E-state index is 8.87. The minimum Gasteiger partial charge on any atom is -0.497 e. The number of fused-ring (bicyclic) bond motifs is 1. The van der Waals surface area contributed by atoms with Gasteiger partial charge in [-0.2, -0.15) is 5.26 Å². The fourth-order valence-corrected chi connectivity index (χ4v) is 1.85. The molecule has 3 nitrogen and oxygen atoms in total. The van der Waals surface area contributed by atoms with Crippen LogP contribution < -0.4 is 4.74 Å². The third-order valence-electron chi connectivity index (χ3n) is 2.43. The summed E-state index contributed by atoms with van der Waals surface area (Å²) in [5.41, 5.74) is 2.15. The zero-order chi connectivity index (χ0) is 11.7. The van der Waals surface area contributed by atoms with Gasteiger partial charge in [0.1, 0.15) is 11.8 Å². The average molecular weight is 233 g/mol. The summed E-state index contributed by atoms with van der Waals surface area (Å²) in [4.78, 5) is 4.23. The number of nitrogens with zero attached hydrogens (tertiary/aromatic N) is 2.